The molecule has 0 bridgehead atoms. The average molecular weight is 356 g/mol. The average Bonchev–Trinajstić information content (AvgIpc) is 3.23. The number of thiophene rings is 1. The molecule has 0 aliphatic carbocycles. The molecule has 0 aliphatic rings. The van der Waals surface area contributed by atoms with Crippen LogP contribution in [0, 0.1) is 17.0 Å². The summed E-state index contributed by atoms with van der Waals surface area (Å²) in [6.07, 6.45) is 4.04. The molecule has 7 heteroatoms. The van der Waals surface area contributed by atoms with Crippen molar-refractivity contribution in [1.29, 1.82) is 0 Å². The van der Waals surface area contributed by atoms with Crippen LogP contribution >= 0.6 is 11.3 Å². The van der Waals surface area contributed by atoms with Gasteiger partial charge in [0.1, 0.15) is 0 Å². The van der Waals surface area contributed by atoms with Crippen molar-refractivity contribution in [2.24, 2.45) is 0 Å². The minimum atomic E-state index is -0.346. The van der Waals surface area contributed by atoms with Crippen molar-refractivity contribution in [1.82, 2.24) is 15.1 Å². The zero-order valence-electron chi connectivity index (χ0n) is 14.0. The molecule has 0 aliphatic heterocycles. The molecule has 0 saturated carbocycles. The first-order chi connectivity index (χ1) is 12.1. The van der Waals surface area contributed by atoms with E-state index in [2.05, 4.69) is 16.6 Å². The summed E-state index contributed by atoms with van der Waals surface area (Å²) in [5, 5.41) is 20.6. The van der Waals surface area contributed by atoms with Crippen molar-refractivity contribution in [2.45, 2.75) is 26.3 Å². The number of rotatable bonds is 8. The molecule has 0 spiro atoms. The molecule has 0 fully saturated rings. The fourth-order valence-corrected chi connectivity index (χ4v) is 3.37. The van der Waals surface area contributed by atoms with Crippen molar-refractivity contribution in [3.8, 4) is 5.69 Å². The van der Waals surface area contributed by atoms with Crippen LogP contribution in [0.15, 0.2) is 48.0 Å². The van der Waals surface area contributed by atoms with Gasteiger partial charge in [-0.05, 0) is 49.6 Å². The van der Waals surface area contributed by atoms with E-state index in [-0.39, 0.29) is 9.92 Å². The van der Waals surface area contributed by atoms with Crippen molar-refractivity contribution < 1.29 is 4.92 Å². The molecule has 3 rings (SSSR count). The molecule has 2 aromatic heterocycles. The third kappa shape index (κ3) is 4.52. The van der Waals surface area contributed by atoms with Crippen molar-refractivity contribution >= 4 is 16.3 Å². The Bertz CT molecular complexity index is 842. The van der Waals surface area contributed by atoms with Crippen LogP contribution in [0.25, 0.3) is 5.69 Å². The largest absolute Gasteiger partial charge is 0.324 e. The van der Waals surface area contributed by atoms with Gasteiger partial charge in [-0.1, -0.05) is 29.5 Å². The van der Waals surface area contributed by atoms with E-state index in [4.69, 9.17) is 0 Å². The molecule has 1 N–H and O–H groups in total. The van der Waals surface area contributed by atoms with E-state index in [9.17, 15) is 10.1 Å². The van der Waals surface area contributed by atoms with Gasteiger partial charge in [0.15, 0.2) is 0 Å². The number of para-hydroxylation sites is 1. The first-order valence-electron chi connectivity index (χ1n) is 8.16. The fraction of sp³-hybridized carbons (Fsp3) is 0.278. The van der Waals surface area contributed by atoms with Crippen LogP contribution in [0.3, 0.4) is 0 Å². The van der Waals surface area contributed by atoms with E-state index in [0.717, 1.165) is 36.3 Å². The lowest BCUT2D eigenvalue weighted by Gasteiger charge is -2.02. The Morgan fingerprint density at radius 3 is 2.84 bits per heavy atom. The Morgan fingerprint density at radius 1 is 1.32 bits per heavy atom. The first kappa shape index (κ1) is 17.3. The molecule has 0 unspecified atom stereocenters. The normalized spacial score (nSPS) is 10.9. The van der Waals surface area contributed by atoms with Crippen LogP contribution in [-0.4, -0.2) is 21.2 Å². The molecule has 0 amide bonds. The van der Waals surface area contributed by atoms with Gasteiger partial charge in [0.25, 0.3) is 0 Å². The van der Waals surface area contributed by atoms with Gasteiger partial charge in [-0.2, -0.15) is 5.10 Å². The Balaban J connectivity index is 1.46. The molecule has 25 heavy (non-hydrogen) atoms. The van der Waals surface area contributed by atoms with Crippen LogP contribution in [0.4, 0.5) is 5.00 Å². The van der Waals surface area contributed by atoms with Crippen molar-refractivity contribution in [3.63, 3.8) is 0 Å². The van der Waals surface area contributed by atoms with E-state index in [0.29, 0.717) is 6.54 Å². The summed E-state index contributed by atoms with van der Waals surface area (Å²) in [5.74, 6) is 0. The number of nitrogens with one attached hydrogen (secondary N) is 1. The Labute approximate surface area is 150 Å². The maximum absolute atomic E-state index is 10.7. The zero-order valence-corrected chi connectivity index (χ0v) is 14.8. The van der Waals surface area contributed by atoms with Crippen LogP contribution < -0.4 is 5.32 Å². The minimum absolute atomic E-state index is 0.195. The second-order valence-electron chi connectivity index (χ2n) is 5.85. The molecule has 1 aromatic carbocycles. The van der Waals surface area contributed by atoms with Gasteiger partial charge in [0.05, 0.1) is 16.3 Å². The lowest BCUT2D eigenvalue weighted by atomic mass is 10.1. The maximum Gasteiger partial charge on any atom is 0.324 e. The van der Waals surface area contributed by atoms with Gasteiger partial charge in [-0.3, -0.25) is 10.1 Å². The van der Waals surface area contributed by atoms with Crippen LogP contribution in [0.1, 0.15) is 23.2 Å². The molecule has 0 radical (unpaired) electrons. The highest BCUT2D eigenvalue weighted by Gasteiger charge is 2.09. The molecule has 6 nitrogen and oxygen atoms in total. The summed E-state index contributed by atoms with van der Waals surface area (Å²) < 4.78 is 1.92. The van der Waals surface area contributed by atoms with E-state index in [1.165, 1.54) is 16.9 Å². The second-order valence-corrected chi connectivity index (χ2v) is 6.74. The highest BCUT2D eigenvalue weighted by atomic mass is 32.1. The van der Waals surface area contributed by atoms with Gasteiger partial charge in [0, 0.05) is 24.2 Å². The topological polar surface area (TPSA) is 73.0 Å². The van der Waals surface area contributed by atoms with Gasteiger partial charge >= 0.3 is 5.00 Å². The number of hydrogen-bond acceptors (Lipinski definition) is 5. The highest BCUT2D eigenvalue weighted by molar-refractivity contribution is 7.13. The second kappa shape index (κ2) is 8.04. The zero-order chi connectivity index (χ0) is 17.6. The smallest absolute Gasteiger partial charge is 0.313 e. The van der Waals surface area contributed by atoms with E-state index < -0.39 is 0 Å². The molecule has 3 aromatic rings. The number of benzene rings is 1. The van der Waals surface area contributed by atoms with E-state index in [1.54, 1.807) is 6.07 Å². The number of hydrogen-bond donors (Lipinski definition) is 1. The highest BCUT2D eigenvalue weighted by Crippen LogP contribution is 2.22. The summed E-state index contributed by atoms with van der Waals surface area (Å²) in [5.41, 5.74) is 4.33. The maximum atomic E-state index is 10.7. The number of aromatic nitrogens is 2. The summed E-state index contributed by atoms with van der Waals surface area (Å²) >= 11 is 1.17. The standard InChI is InChI=1S/C18H20N4O2S/c1-14-16(12-21(20-14)17-7-3-2-4-8-17)6-5-9-19-11-15-10-18(22(23)24)25-13-15/h2-4,7-8,10,12-13,19H,5-6,9,11H2,1H3. The van der Waals surface area contributed by atoms with Crippen molar-refractivity contribution in [2.75, 3.05) is 6.54 Å². The fourth-order valence-electron chi connectivity index (χ4n) is 2.64. The predicted molar refractivity (Wildman–Crippen MR) is 99.3 cm³/mol. The number of nitrogens with zero attached hydrogens (tertiary/aromatic N) is 3. The van der Waals surface area contributed by atoms with Gasteiger partial charge in [0.2, 0.25) is 0 Å². The Hall–Kier alpha value is -2.51. The Morgan fingerprint density at radius 2 is 2.12 bits per heavy atom. The third-order valence-corrected chi connectivity index (χ3v) is 4.90. The molecule has 0 atom stereocenters. The predicted octanol–water partition coefficient (Wildman–Crippen LogP) is 3.87. The molecular formula is C18H20N4O2S. The van der Waals surface area contributed by atoms with Crippen LogP contribution in [0.2, 0.25) is 0 Å². The third-order valence-electron chi connectivity index (χ3n) is 3.97. The molecular weight excluding hydrogens is 336 g/mol. The van der Waals surface area contributed by atoms with E-state index in [1.807, 2.05) is 47.3 Å². The molecule has 2 heterocycles. The summed E-state index contributed by atoms with van der Waals surface area (Å²) in [7, 11) is 0. The van der Waals surface area contributed by atoms with Gasteiger partial charge < -0.3 is 5.32 Å². The quantitative estimate of drug-likeness (QED) is 0.378. The van der Waals surface area contributed by atoms with Gasteiger partial charge in [-0.25, -0.2) is 4.68 Å². The number of aryl methyl sites for hydroxylation is 2. The lowest BCUT2D eigenvalue weighted by molar-refractivity contribution is -0.380. The summed E-state index contributed by atoms with van der Waals surface area (Å²) in [6, 6.07) is 11.7. The first-order valence-corrected chi connectivity index (χ1v) is 9.04. The number of nitro groups is 1. The molecule has 0 saturated heterocycles. The van der Waals surface area contributed by atoms with Crippen molar-refractivity contribution in [3.05, 3.63) is 74.9 Å². The summed E-state index contributed by atoms with van der Waals surface area (Å²) in [6.45, 7) is 3.55. The van der Waals surface area contributed by atoms with Crippen LogP contribution in [-0.2, 0) is 13.0 Å². The summed E-state index contributed by atoms with van der Waals surface area (Å²) in [4.78, 5) is 10.3. The minimum Gasteiger partial charge on any atom is -0.313 e. The van der Waals surface area contributed by atoms with E-state index >= 15 is 0 Å². The van der Waals surface area contributed by atoms with Gasteiger partial charge in [-0.15, -0.1) is 0 Å². The SMILES string of the molecule is Cc1nn(-c2ccccc2)cc1CCCNCc1csc([N+](=O)[O-])c1. The lowest BCUT2D eigenvalue weighted by Crippen LogP contribution is -2.14. The monoisotopic (exact) mass is 356 g/mol. The van der Waals surface area contributed by atoms with Crippen LogP contribution in [0.5, 0.6) is 0 Å². The molecule has 130 valence electrons. The Kier molecular flexibility index (Phi) is 5.57.